The highest BCUT2D eigenvalue weighted by Crippen LogP contribution is 2.36. The lowest BCUT2D eigenvalue weighted by molar-refractivity contribution is -0.128. The number of benzene rings is 3. The standard InChI is InChI=1S/C30H35N5O4/c1-19-11-10-14-25(20(19)2)35(27(36)18-34-26-13-9-8-12-24(26)32-33-34)28(29(37)31-30(3,4)5)21-15-22(38-6)17-23(16-21)39-7/h8-17,28H,18H2,1-7H3,(H,31,37)/t28-/m1/s1. The topological polar surface area (TPSA) is 98.6 Å². The second-order valence-corrected chi connectivity index (χ2v) is 10.5. The maximum absolute atomic E-state index is 14.3. The third-order valence-corrected chi connectivity index (χ3v) is 6.50. The van der Waals surface area contributed by atoms with Gasteiger partial charge < -0.3 is 14.8 Å². The summed E-state index contributed by atoms with van der Waals surface area (Å²) in [4.78, 5) is 29.9. The first-order chi connectivity index (χ1) is 18.5. The minimum absolute atomic E-state index is 0.117. The van der Waals surface area contributed by atoms with Crippen molar-refractivity contribution in [3.05, 3.63) is 77.4 Å². The molecule has 204 valence electrons. The third kappa shape index (κ3) is 6.03. The Morgan fingerprint density at radius 1 is 0.974 bits per heavy atom. The number of ether oxygens (including phenoxy) is 2. The number of para-hydroxylation sites is 1. The molecule has 0 spiro atoms. The monoisotopic (exact) mass is 529 g/mol. The zero-order valence-electron chi connectivity index (χ0n) is 23.5. The quantitative estimate of drug-likeness (QED) is 0.354. The third-order valence-electron chi connectivity index (χ3n) is 6.50. The van der Waals surface area contributed by atoms with Gasteiger partial charge in [-0.25, -0.2) is 4.68 Å². The maximum atomic E-state index is 14.3. The largest absolute Gasteiger partial charge is 0.497 e. The van der Waals surface area contributed by atoms with Gasteiger partial charge in [-0.1, -0.05) is 29.5 Å². The van der Waals surface area contributed by atoms with E-state index in [2.05, 4.69) is 15.6 Å². The average Bonchev–Trinajstić information content (AvgIpc) is 3.30. The lowest BCUT2D eigenvalue weighted by Crippen LogP contribution is -2.50. The van der Waals surface area contributed by atoms with Crippen molar-refractivity contribution in [3.8, 4) is 11.5 Å². The van der Waals surface area contributed by atoms with Gasteiger partial charge in [0.05, 0.1) is 19.7 Å². The Balaban J connectivity index is 1.92. The number of methoxy groups -OCH3 is 2. The molecule has 9 heteroatoms. The molecule has 1 heterocycles. The first kappa shape index (κ1) is 27.6. The fourth-order valence-electron chi connectivity index (χ4n) is 4.50. The van der Waals surface area contributed by atoms with E-state index in [1.54, 1.807) is 42.0 Å². The van der Waals surface area contributed by atoms with E-state index in [4.69, 9.17) is 9.47 Å². The minimum atomic E-state index is -1.03. The highest BCUT2D eigenvalue weighted by atomic mass is 16.5. The Labute approximate surface area is 228 Å². The second kappa shape index (κ2) is 11.1. The molecule has 0 radical (unpaired) electrons. The smallest absolute Gasteiger partial charge is 0.249 e. The summed E-state index contributed by atoms with van der Waals surface area (Å²) in [6.45, 7) is 9.51. The predicted octanol–water partition coefficient (Wildman–Crippen LogP) is 4.75. The molecular formula is C30H35N5O4. The molecule has 3 aromatic carbocycles. The van der Waals surface area contributed by atoms with Gasteiger partial charge in [0.15, 0.2) is 0 Å². The summed E-state index contributed by atoms with van der Waals surface area (Å²) in [6.07, 6.45) is 0. The summed E-state index contributed by atoms with van der Waals surface area (Å²) < 4.78 is 12.6. The van der Waals surface area contributed by atoms with Gasteiger partial charge in [-0.3, -0.25) is 14.5 Å². The number of aromatic nitrogens is 3. The molecular weight excluding hydrogens is 494 g/mol. The lowest BCUT2D eigenvalue weighted by atomic mass is 9.98. The van der Waals surface area contributed by atoms with Gasteiger partial charge in [0, 0.05) is 17.3 Å². The first-order valence-corrected chi connectivity index (χ1v) is 12.7. The molecule has 39 heavy (non-hydrogen) atoms. The van der Waals surface area contributed by atoms with Crippen LogP contribution in [0, 0.1) is 13.8 Å². The molecule has 0 aliphatic carbocycles. The van der Waals surface area contributed by atoms with Crippen LogP contribution in [0.1, 0.15) is 43.5 Å². The van der Waals surface area contributed by atoms with Gasteiger partial charge in [-0.05, 0) is 81.6 Å². The predicted molar refractivity (Wildman–Crippen MR) is 151 cm³/mol. The van der Waals surface area contributed by atoms with Gasteiger partial charge in [0.1, 0.15) is 29.6 Å². The number of rotatable bonds is 8. The molecule has 4 rings (SSSR count). The van der Waals surface area contributed by atoms with Crippen molar-refractivity contribution < 1.29 is 19.1 Å². The molecule has 0 aliphatic rings. The van der Waals surface area contributed by atoms with Gasteiger partial charge in [0.2, 0.25) is 11.8 Å². The number of aryl methyl sites for hydroxylation is 1. The Morgan fingerprint density at radius 3 is 2.28 bits per heavy atom. The van der Waals surface area contributed by atoms with E-state index in [1.165, 1.54) is 0 Å². The fourth-order valence-corrected chi connectivity index (χ4v) is 4.50. The number of nitrogens with one attached hydrogen (secondary N) is 1. The van der Waals surface area contributed by atoms with Crippen LogP contribution in [0.4, 0.5) is 5.69 Å². The number of nitrogens with zero attached hydrogens (tertiary/aromatic N) is 4. The molecule has 0 unspecified atom stereocenters. The summed E-state index contributed by atoms with van der Waals surface area (Å²) in [6, 6.07) is 17.4. The summed E-state index contributed by atoms with van der Waals surface area (Å²) in [7, 11) is 3.10. The van der Waals surface area contributed by atoms with Crippen LogP contribution in [0.25, 0.3) is 11.0 Å². The first-order valence-electron chi connectivity index (χ1n) is 12.7. The molecule has 1 atom stereocenters. The molecule has 0 saturated heterocycles. The molecule has 0 fully saturated rings. The highest BCUT2D eigenvalue weighted by molar-refractivity contribution is 6.02. The molecule has 4 aromatic rings. The molecule has 2 amide bonds. The molecule has 1 N–H and O–H groups in total. The van der Waals surface area contributed by atoms with E-state index in [9.17, 15) is 9.59 Å². The van der Waals surface area contributed by atoms with Crippen molar-refractivity contribution in [1.29, 1.82) is 0 Å². The van der Waals surface area contributed by atoms with Crippen LogP contribution < -0.4 is 19.7 Å². The Bertz CT molecular complexity index is 1480. The maximum Gasteiger partial charge on any atom is 0.249 e. The van der Waals surface area contributed by atoms with Crippen molar-refractivity contribution in [2.75, 3.05) is 19.1 Å². The summed E-state index contributed by atoms with van der Waals surface area (Å²) in [5.41, 5.74) is 3.92. The van der Waals surface area contributed by atoms with Gasteiger partial charge in [-0.2, -0.15) is 0 Å². The summed E-state index contributed by atoms with van der Waals surface area (Å²) in [5.74, 6) is 0.354. The summed E-state index contributed by atoms with van der Waals surface area (Å²) >= 11 is 0. The van der Waals surface area contributed by atoms with Crippen molar-refractivity contribution in [2.24, 2.45) is 0 Å². The normalized spacial score (nSPS) is 12.2. The van der Waals surface area contributed by atoms with Crippen LogP contribution in [0.3, 0.4) is 0 Å². The zero-order valence-corrected chi connectivity index (χ0v) is 23.5. The van der Waals surface area contributed by atoms with Crippen LogP contribution in [-0.4, -0.2) is 46.6 Å². The van der Waals surface area contributed by atoms with Crippen molar-refractivity contribution >= 4 is 28.5 Å². The number of carbonyl (C=O) groups is 2. The molecule has 1 aromatic heterocycles. The number of carbonyl (C=O) groups excluding carboxylic acids is 2. The van der Waals surface area contributed by atoms with Gasteiger partial charge in [-0.15, -0.1) is 5.10 Å². The molecule has 9 nitrogen and oxygen atoms in total. The van der Waals surface area contributed by atoms with E-state index in [0.29, 0.717) is 28.3 Å². The van der Waals surface area contributed by atoms with Crippen molar-refractivity contribution in [2.45, 2.75) is 52.7 Å². The van der Waals surface area contributed by atoms with Crippen molar-refractivity contribution in [3.63, 3.8) is 0 Å². The minimum Gasteiger partial charge on any atom is -0.497 e. The Kier molecular flexibility index (Phi) is 7.90. The Morgan fingerprint density at radius 2 is 1.64 bits per heavy atom. The number of amides is 2. The zero-order chi connectivity index (χ0) is 28.3. The van der Waals surface area contributed by atoms with Crippen LogP contribution in [0.2, 0.25) is 0 Å². The number of hydrogen-bond acceptors (Lipinski definition) is 6. The number of anilines is 1. The van der Waals surface area contributed by atoms with E-state index in [0.717, 1.165) is 16.6 Å². The fraction of sp³-hybridized carbons (Fsp3) is 0.333. The van der Waals surface area contributed by atoms with Crippen LogP contribution in [0.15, 0.2) is 60.7 Å². The van der Waals surface area contributed by atoms with Gasteiger partial charge in [0.25, 0.3) is 0 Å². The van der Waals surface area contributed by atoms with E-state index >= 15 is 0 Å². The number of fused-ring (bicyclic) bond motifs is 1. The summed E-state index contributed by atoms with van der Waals surface area (Å²) in [5, 5.41) is 11.5. The lowest BCUT2D eigenvalue weighted by Gasteiger charge is -2.35. The highest BCUT2D eigenvalue weighted by Gasteiger charge is 2.36. The SMILES string of the molecule is COc1cc(OC)cc([C@H](C(=O)NC(C)(C)C)N(C(=O)Cn2nnc3ccccc32)c2cccc(C)c2C)c1. The van der Waals surface area contributed by atoms with Crippen molar-refractivity contribution in [1.82, 2.24) is 20.3 Å². The molecule has 0 bridgehead atoms. The molecule has 0 saturated carbocycles. The van der Waals surface area contributed by atoms with E-state index in [-0.39, 0.29) is 18.4 Å². The second-order valence-electron chi connectivity index (χ2n) is 10.5. The Hall–Kier alpha value is -4.40. The molecule has 0 aliphatic heterocycles. The number of hydrogen-bond donors (Lipinski definition) is 1. The van der Waals surface area contributed by atoms with Crippen LogP contribution >= 0.6 is 0 Å². The van der Waals surface area contributed by atoms with Crippen LogP contribution in [-0.2, 0) is 16.1 Å². The van der Waals surface area contributed by atoms with Gasteiger partial charge >= 0.3 is 0 Å². The van der Waals surface area contributed by atoms with E-state index < -0.39 is 11.6 Å². The van der Waals surface area contributed by atoms with E-state index in [1.807, 2.05) is 77.1 Å². The average molecular weight is 530 g/mol. The van der Waals surface area contributed by atoms with Crippen LogP contribution in [0.5, 0.6) is 11.5 Å².